The van der Waals surface area contributed by atoms with Gasteiger partial charge in [-0.1, -0.05) is 12.1 Å². The van der Waals surface area contributed by atoms with Crippen molar-refractivity contribution in [3.05, 3.63) is 87.1 Å². The van der Waals surface area contributed by atoms with E-state index < -0.39 is 0 Å². The Hall–Kier alpha value is -3.48. The molecule has 3 N–H and O–H groups in total. The van der Waals surface area contributed by atoms with Crippen LogP contribution in [0.2, 0.25) is 0 Å². The molecule has 1 unspecified atom stereocenters. The maximum atomic E-state index is 12.4. The molecule has 0 saturated carbocycles. The summed E-state index contributed by atoms with van der Waals surface area (Å²) in [4.78, 5) is 35.5. The fraction of sp³-hybridized carbons (Fsp3) is 0.238. The third kappa shape index (κ3) is 4.62. The summed E-state index contributed by atoms with van der Waals surface area (Å²) >= 11 is 0. The van der Waals surface area contributed by atoms with Gasteiger partial charge in [0.2, 0.25) is 5.95 Å². The lowest BCUT2D eigenvalue weighted by atomic mass is 10.1. The summed E-state index contributed by atoms with van der Waals surface area (Å²) in [5.74, 6) is 0.327. The van der Waals surface area contributed by atoms with Gasteiger partial charge in [0, 0.05) is 35.8 Å². The standard InChI is InChI=1S/C21H23N5O2/c1-13-11-14(2)25-20(28)18(13)12-24-19(27)17-7-5-16(6-8-17)15(3)26-21-22-9-4-10-23-21/h4-11,15H,12H2,1-3H3,(H,24,27)(H,25,28)(H,22,23,26). The molecule has 1 amide bonds. The van der Waals surface area contributed by atoms with E-state index in [1.807, 2.05) is 39.0 Å². The number of nitrogens with zero attached hydrogens (tertiary/aromatic N) is 2. The summed E-state index contributed by atoms with van der Waals surface area (Å²) < 4.78 is 0. The van der Waals surface area contributed by atoms with Crippen LogP contribution >= 0.6 is 0 Å². The molecule has 0 radical (unpaired) electrons. The Morgan fingerprint density at radius 2 is 1.82 bits per heavy atom. The molecular formula is C21H23N5O2. The highest BCUT2D eigenvalue weighted by atomic mass is 16.1. The summed E-state index contributed by atoms with van der Waals surface area (Å²) in [5.41, 5.74) is 3.60. The van der Waals surface area contributed by atoms with Crippen molar-refractivity contribution in [3.63, 3.8) is 0 Å². The van der Waals surface area contributed by atoms with Gasteiger partial charge in [-0.2, -0.15) is 0 Å². The number of pyridine rings is 1. The van der Waals surface area contributed by atoms with Crippen molar-refractivity contribution in [3.8, 4) is 0 Å². The third-order valence-electron chi connectivity index (χ3n) is 4.50. The quantitative estimate of drug-likeness (QED) is 0.613. The molecule has 2 aromatic heterocycles. The van der Waals surface area contributed by atoms with Crippen molar-refractivity contribution >= 4 is 11.9 Å². The minimum Gasteiger partial charge on any atom is -0.348 e. The molecule has 0 aliphatic rings. The average Bonchev–Trinajstić information content (AvgIpc) is 2.68. The Kier molecular flexibility index (Phi) is 5.84. The number of nitrogens with one attached hydrogen (secondary N) is 3. The van der Waals surface area contributed by atoms with E-state index in [9.17, 15) is 9.59 Å². The molecule has 3 rings (SSSR count). The highest BCUT2D eigenvalue weighted by molar-refractivity contribution is 5.94. The number of aromatic nitrogens is 3. The lowest BCUT2D eigenvalue weighted by Crippen LogP contribution is -2.27. The van der Waals surface area contributed by atoms with Crippen LogP contribution < -0.4 is 16.2 Å². The Morgan fingerprint density at radius 3 is 2.46 bits per heavy atom. The van der Waals surface area contributed by atoms with Crippen LogP contribution in [0.1, 0.15) is 45.7 Å². The van der Waals surface area contributed by atoms with Crippen LogP contribution in [0.25, 0.3) is 0 Å². The first kappa shape index (κ1) is 19.3. The number of H-pyrrole nitrogens is 1. The second-order valence-electron chi connectivity index (χ2n) is 6.69. The number of carbonyl (C=O) groups excluding carboxylic acids is 1. The summed E-state index contributed by atoms with van der Waals surface area (Å²) in [7, 11) is 0. The molecule has 7 heteroatoms. The summed E-state index contributed by atoms with van der Waals surface area (Å²) in [5, 5.41) is 6.02. The molecule has 0 saturated heterocycles. The molecule has 144 valence electrons. The van der Waals surface area contributed by atoms with Crippen LogP contribution in [-0.4, -0.2) is 20.9 Å². The van der Waals surface area contributed by atoms with Crippen LogP contribution in [0.4, 0.5) is 5.95 Å². The minimum absolute atomic E-state index is 0.00622. The lowest BCUT2D eigenvalue weighted by molar-refractivity contribution is 0.0950. The zero-order valence-electron chi connectivity index (χ0n) is 16.1. The second kappa shape index (κ2) is 8.47. The number of hydrogen-bond acceptors (Lipinski definition) is 5. The first-order valence-corrected chi connectivity index (χ1v) is 9.05. The van der Waals surface area contributed by atoms with Gasteiger partial charge in [0.25, 0.3) is 11.5 Å². The normalized spacial score (nSPS) is 11.7. The molecule has 7 nitrogen and oxygen atoms in total. The van der Waals surface area contributed by atoms with Crippen LogP contribution in [0.15, 0.2) is 53.6 Å². The van der Waals surface area contributed by atoms with Crippen molar-refractivity contribution in [1.29, 1.82) is 0 Å². The number of aryl methyl sites for hydroxylation is 2. The summed E-state index contributed by atoms with van der Waals surface area (Å²) in [6.07, 6.45) is 3.35. The highest BCUT2D eigenvalue weighted by Gasteiger charge is 2.11. The zero-order valence-corrected chi connectivity index (χ0v) is 16.1. The second-order valence-corrected chi connectivity index (χ2v) is 6.69. The monoisotopic (exact) mass is 377 g/mol. The van der Waals surface area contributed by atoms with Gasteiger partial charge in [0.05, 0.1) is 6.04 Å². The van der Waals surface area contributed by atoms with Gasteiger partial charge in [-0.3, -0.25) is 9.59 Å². The summed E-state index contributed by atoms with van der Waals surface area (Å²) in [6, 6.07) is 11.0. The molecule has 0 bridgehead atoms. The molecule has 0 fully saturated rings. The van der Waals surface area contributed by atoms with E-state index in [4.69, 9.17) is 0 Å². The lowest BCUT2D eigenvalue weighted by Gasteiger charge is -2.14. The number of carbonyl (C=O) groups is 1. The van der Waals surface area contributed by atoms with E-state index in [-0.39, 0.29) is 24.1 Å². The van der Waals surface area contributed by atoms with Crippen LogP contribution in [0, 0.1) is 13.8 Å². The fourth-order valence-electron chi connectivity index (χ4n) is 2.95. The van der Waals surface area contributed by atoms with Crippen molar-refractivity contribution in [2.24, 2.45) is 0 Å². The third-order valence-corrected chi connectivity index (χ3v) is 4.50. The predicted octanol–water partition coefficient (Wildman–Crippen LogP) is 2.88. The van der Waals surface area contributed by atoms with Crippen LogP contribution in [0.3, 0.4) is 0 Å². The van der Waals surface area contributed by atoms with Gasteiger partial charge in [-0.25, -0.2) is 9.97 Å². The van der Waals surface area contributed by atoms with Crippen molar-refractivity contribution in [1.82, 2.24) is 20.3 Å². The largest absolute Gasteiger partial charge is 0.348 e. The predicted molar refractivity (Wildman–Crippen MR) is 108 cm³/mol. The number of hydrogen-bond donors (Lipinski definition) is 3. The van der Waals surface area contributed by atoms with Crippen molar-refractivity contribution in [2.75, 3.05) is 5.32 Å². The molecule has 0 aliphatic heterocycles. The van der Waals surface area contributed by atoms with Gasteiger partial charge in [-0.15, -0.1) is 0 Å². The first-order valence-electron chi connectivity index (χ1n) is 9.05. The molecule has 1 atom stereocenters. The van der Waals surface area contributed by atoms with E-state index in [1.54, 1.807) is 30.6 Å². The highest BCUT2D eigenvalue weighted by Crippen LogP contribution is 2.17. The molecular weight excluding hydrogens is 354 g/mol. The Labute approximate surface area is 163 Å². The molecule has 28 heavy (non-hydrogen) atoms. The van der Waals surface area contributed by atoms with Gasteiger partial charge in [0.1, 0.15) is 0 Å². The maximum Gasteiger partial charge on any atom is 0.253 e. The van der Waals surface area contributed by atoms with E-state index in [0.29, 0.717) is 17.1 Å². The van der Waals surface area contributed by atoms with Crippen LogP contribution in [-0.2, 0) is 6.54 Å². The molecule has 0 aliphatic carbocycles. The zero-order chi connectivity index (χ0) is 20.1. The minimum atomic E-state index is -0.224. The van der Waals surface area contributed by atoms with Crippen LogP contribution in [0.5, 0.6) is 0 Å². The Bertz CT molecular complexity index is 1010. The Balaban J connectivity index is 1.63. The van der Waals surface area contributed by atoms with E-state index in [2.05, 4.69) is 25.6 Å². The number of aromatic amines is 1. The molecule has 2 heterocycles. The molecule has 0 spiro atoms. The Morgan fingerprint density at radius 1 is 1.14 bits per heavy atom. The number of amides is 1. The van der Waals surface area contributed by atoms with E-state index in [0.717, 1.165) is 16.8 Å². The number of anilines is 1. The molecule has 1 aromatic carbocycles. The van der Waals surface area contributed by atoms with E-state index >= 15 is 0 Å². The maximum absolute atomic E-state index is 12.4. The number of rotatable bonds is 6. The van der Waals surface area contributed by atoms with E-state index in [1.165, 1.54) is 0 Å². The first-order chi connectivity index (χ1) is 13.4. The van der Waals surface area contributed by atoms with Gasteiger partial charge in [-0.05, 0) is 56.2 Å². The molecule has 3 aromatic rings. The smallest absolute Gasteiger partial charge is 0.253 e. The fourth-order valence-corrected chi connectivity index (χ4v) is 2.95. The van der Waals surface area contributed by atoms with Crippen molar-refractivity contribution < 1.29 is 4.79 Å². The van der Waals surface area contributed by atoms with Gasteiger partial charge < -0.3 is 15.6 Å². The average molecular weight is 377 g/mol. The topological polar surface area (TPSA) is 99.8 Å². The van der Waals surface area contributed by atoms with Gasteiger partial charge in [0.15, 0.2) is 0 Å². The number of benzene rings is 1. The van der Waals surface area contributed by atoms with Gasteiger partial charge >= 0.3 is 0 Å². The van der Waals surface area contributed by atoms with Crippen molar-refractivity contribution in [2.45, 2.75) is 33.4 Å². The summed E-state index contributed by atoms with van der Waals surface area (Å²) in [6.45, 7) is 5.88. The SMILES string of the molecule is Cc1cc(C)c(CNC(=O)c2ccc(C(C)Nc3ncccn3)cc2)c(=O)[nH]1.